The van der Waals surface area contributed by atoms with Crippen LogP contribution < -0.4 is 24.7 Å². The number of nitrogens with one attached hydrogen (secondary N) is 1. The normalized spacial score (nSPS) is 22.2. The van der Waals surface area contributed by atoms with Gasteiger partial charge >= 0.3 is 0 Å². The monoisotopic (exact) mass is 429 g/mol. The van der Waals surface area contributed by atoms with E-state index in [1.165, 1.54) is 6.07 Å². The van der Waals surface area contributed by atoms with Crippen LogP contribution in [0.5, 0.6) is 17.2 Å². The number of nitrogens with zero attached hydrogens (tertiary/aromatic N) is 2. The molecule has 8 heteroatoms. The van der Waals surface area contributed by atoms with E-state index in [1.54, 1.807) is 11.0 Å². The van der Waals surface area contributed by atoms with E-state index in [0.717, 1.165) is 29.7 Å². The van der Waals surface area contributed by atoms with Crippen molar-refractivity contribution >= 4 is 11.6 Å². The van der Waals surface area contributed by atoms with Crippen molar-refractivity contribution in [3.63, 3.8) is 0 Å². The molecular weight excluding hydrogens is 410 g/mol. The number of amides is 1. The van der Waals surface area contributed by atoms with E-state index < -0.39 is 5.41 Å². The third kappa shape index (κ3) is 2.34. The largest absolute Gasteiger partial charge is 0.491 e. The van der Waals surface area contributed by atoms with E-state index in [4.69, 9.17) is 14.2 Å². The van der Waals surface area contributed by atoms with Gasteiger partial charge in [0.05, 0.1) is 12.2 Å². The lowest BCUT2D eigenvalue weighted by Crippen LogP contribution is -2.42. The van der Waals surface area contributed by atoms with Crippen LogP contribution in [0, 0.1) is 0 Å². The summed E-state index contributed by atoms with van der Waals surface area (Å²) in [6.45, 7) is 0.578. The van der Waals surface area contributed by atoms with E-state index in [2.05, 4.69) is 9.97 Å². The van der Waals surface area contributed by atoms with Gasteiger partial charge in [-0.25, -0.2) is 4.98 Å². The lowest BCUT2D eigenvalue weighted by Gasteiger charge is -2.23. The fraction of sp³-hybridized carbons (Fsp3) is 0.292. The quantitative estimate of drug-likeness (QED) is 0.688. The van der Waals surface area contributed by atoms with E-state index in [-0.39, 0.29) is 31.4 Å². The second-order valence-corrected chi connectivity index (χ2v) is 8.70. The van der Waals surface area contributed by atoms with Gasteiger partial charge in [-0.05, 0) is 30.5 Å². The molecule has 3 aliphatic heterocycles. The number of hydrogen-bond acceptors (Lipinski definition) is 6. The van der Waals surface area contributed by atoms with Crippen molar-refractivity contribution in [3.05, 3.63) is 75.5 Å². The van der Waals surface area contributed by atoms with E-state index in [1.807, 2.05) is 30.3 Å². The molecule has 8 nitrogen and oxygen atoms in total. The summed E-state index contributed by atoms with van der Waals surface area (Å²) in [7, 11) is 0. The summed E-state index contributed by atoms with van der Waals surface area (Å²) in [6, 6.07) is 12.9. The third-order valence-electron chi connectivity index (χ3n) is 6.74. The zero-order valence-electron chi connectivity index (χ0n) is 17.1. The Bertz CT molecular complexity index is 1360. The molecule has 1 unspecified atom stereocenters. The van der Waals surface area contributed by atoms with Crippen molar-refractivity contribution in [1.29, 1.82) is 0 Å². The SMILES string of the molecule is O=C1N(Cc2cc(=O)[nH]c(C3CC3)n2)c2ccccc2C12COc1cc3c(cc12)OCO3. The molecule has 1 aliphatic carbocycles. The molecule has 1 aromatic heterocycles. The fourth-order valence-corrected chi connectivity index (χ4v) is 5.04. The van der Waals surface area contributed by atoms with Crippen molar-refractivity contribution in [2.75, 3.05) is 18.3 Å². The van der Waals surface area contributed by atoms with Crippen LogP contribution in [0.15, 0.2) is 47.3 Å². The molecule has 1 fully saturated rings. The smallest absolute Gasteiger partial charge is 0.251 e. The van der Waals surface area contributed by atoms with Gasteiger partial charge in [-0.3, -0.25) is 9.59 Å². The average molecular weight is 429 g/mol. The molecule has 1 atom stereocenters. The molecule has 4 heterocycles. The Kier molecular flexibility index (Phi) is 3.41. The average Bonchev–Trinajstić information content (AvgIpc) is 3.38. The van der Waals surface area contributed by atoms with Crippen LogP contribution in [0.4, 0.5) is 5.69 Å². The summed E-state index contributed by atoms with van der Waals surface area (Å²) in [5.41, 5.74) is 1.90. The Morgan fingerprint density at radius 3 is 2.66 bits per heavy atom. The number of hydrogen-bond donors (Lipinski definition) is 1. The molecule has 1 saturated carbocycles. The Morgan fingerprint density at radius 2 is 1.81 bits per heavy atom. The topological polar surface area (TPSA) is 93.8 Å². The second-order valence-electron chi connectivity index (χ2n) is 8.70. The van der Waals surface area contributed by atoms with Crippen LogP contribution in [0.25, 0.3) is 0 Å². The fourth-order valence-electron chi connectivity index (χ4n) is 5.04. The third-order valence-corrected chi connectivity index (χ3v) is 6.74. The summed E-state index contributed by atoms with van der Waals surface area (Å²) in [5.74, 6) is 2.80. The molecule has 2 aromatic carbocycles. The Hall–Kier alpha value is -3.81. The second kappa shape index (κ2) is 6.12. The number of aromatic nitrogens is 2. The number of carbonyl (C=O) groups is 1. The molecule has 160 valence electrons. The minimum Gasteiger partial charge on any atom is -0.491 e. The van der Waals surface area contributed by atoms with Crippen LogP contribution in [0.3, 0.4) is 0 Å². The number of aromatic amines is 1. The number of anilines is 1. The van der Waals surface area contributed by atoms with Crippen molar-refractivity contribution in [2.45, 2.75) is 30.7 Å². The van der Waals surface area contributed by atoms with Gasteiger partial charge in [0.25, 0.3) is 5.56 Å². The Balaban J connectivity index is 1.35. The molecule has 0 bridgehead atoms. The maximum atomic E-state index is 14.0. The lowest BCUT2D eigenvalue weighted by atomic mass is 9.77. The van der Waals surface area contributed by atoms with Crippen molar-refractivity contribution < 1.29 is 19.0 Å². The van der Waals surface area contributed by atoms with Gasteiger partial charge in [0.15, 0.2) is 11.5 Å². The number of ether oxygens (including phenoxy) is 3. The number of rotatable bonds is 3. The summed E-state index contributed by atoms with van der Waals surface area (Å²) in [4.78, 5) is 35.5. The number of carbonyl (C=O) groups excluding carboxylic acids is 1. The maximum Gasteiger partial charge on any atom is 0.251 e. The van der Waals surface area contributed by atoms with Crippen LogP contribution in [0.1, 0.15) is 41.4 Å². The van der Waals surface area contributed by atoms with Gasteiger partial charge in [0.1, 0.15) is 23.6 Å². The van der Waals surface area contributed by atoms with E-state index in [9.17, 15) is 9.59 Å². The van der Waals surface area contributed by atoms with E-state index >= 15 is 0 Å². The molecule has 1 N–H and O–H groups in total. The zero-order valence-corrected chi connectivity index (χ0v) is 17.1. The minimum absolute atomic E-state index is 0.0913. The standard InChI is InChI=1S/C24H19N3O5/c28-21-7-14(25-22(26-21)13-5-6-13)10-27-17-4-2-1-3-15(17)24(23(27)29)11-30-18-9-20-19(8-16(18)24)31-12-32-20/h1-4,7-9,13H,5-6,10-12H2,(H,25,26,28). The highest BCUT2D eigenvalue weighted by Crippen LogP contribution is 2.55. The first-order chi connectivity index (χ1) is 15.6. The first-order valence-electron chi connectivity index (χ1n) is 10.7. The first kappa shape index (κ1) is 17.8. The number of benzene rings is 2. The zero-order chi connectivity index (χ0) is 21.4. The van der Waals surface area contributed by atoms with Gasteiger partial charge in [-0.2, -0.15) is 0 Å². The maximum absolute atomic E-state index is 14.0. The summed E-state index contributed by atoms with van der Waals surface area (Å²) < 4.78 is 17.1. The van der Waals surface area contributed by atoms with Gasteiger partial charge in [-0.1, -0.05) is 18.2 Å². The predicted molar refractivity (Wildman–Crippen MR) is 113 cm³/mol. The van der Waals surface area contributed by atoms with Gasteiger partial charge in [-0.15, -0.1) is 0 Å². The highest BCUT2D eigenvalue weighted by Gasteiger charge is 2.57. The number of para-hydroxylation sites is 1. The van der Waals surface area contributed by atoms with Crippen LogP contribution in [-0.4, -0.2) is 29.3 Å². The van der Waals surface area contributed by atoms with Crippen molar-refractivity contribution in [1.82, 2.24) is 9.97 Å². The molecule has 1 spiro atoms. The first-order valence-corrected chi connectivity index (χ1v) is 10.7. The van der Waals surface area contributed by atoms with Crippen LogP contribution in [-0.2, 0) is 16.8 Å². The van der Waals surface area contributed by atoms with Crippen molar-refractivity contribution in [3.8, 4) is 17.2 Å². The molecule has 4 aliphatic rings. The Morgan fingerprint density at radius 1 is 1.00 bits per heavy atom. The molecule has 0 radical (unpaired) electrons. The molecule has 0 saturated heterocycles. The van der Waals surface area contributed by atoms with Crippen molar-refractivity contribution in [2.24, 2.45) is 0 Å². The molecular formula is C24H19N3O5. The number of fused-ring (bicyclic) bond motifs is 5. The van der Waals surface area contributed by atoms with Gasteiger partial charge < -0.3 is 24.1 Å². The molecule has 32 heavy (non-hydrogen) atoms. The van der Waals surface area contributed by atoms with Gasteiger partial charge in [0.2, 0.25) is 12.7 Å². The Labute approximate surface area is 182 Å². The molecule has 1 amide bonds. The summed E-state index contributed by atoms with van der Waals surface area (Å²) >= 11 is 0. The molecule has 3 aromatic rings. The molecule has 7 rings (SSSR count). The van der Waals surface area contributed by atoms with Gasteiger partial charge in [0, 0.05) is 29.3 Å². The van der Waals surface area contributed by atoms with Crippen LogP contribution in [0.2, 0.25) is 0 Å². The summed E-state index contributed by atoms with van der Waals surface area (Å²) in [5, 5.41) is 0. The van der Waals surface area contributed by atoms with Crippen LogP contribution >= 0.6 is 0 Å². The van der Waals surface area contributed by atoms with E-state index in [0.29, 0.717) is 34.7 Å². The lowest BCUT2D eigenvalue weighted by molar-refractivity contribution is -0.122. The highest BCUT2D eigenvalue weighted by atomic mass is 16.7. The minimum atomic E-state index is -0.965. The highest BCUT2D eigenvalue weighted by molar-refractivity contribution is 6.11. The summed E-state index contributed by atoms with van der Waals surface area (Å²) in [6.07, 6.45) is 2.07. The predicted octanol–water partition coefficient (Wildman–Crippen LogP) is 2.60. The number of H-pyrrole nitrogens is 1.